The van der Waals surface area contributed by atoms with E-state index in [1.54, 1.807) is 0 Å². The van der Waals surface area contributed by atoms with Gasteiger partial charge in [-0.3, -0.25) is 0 Å². The summed E-state index contributed by atoms with van der Waals surface area (Å²) in [6, 6.07) is 14.1. The second kappa shape index (κ2) is 5.83. The Morgan fingerprint density at radius 3 is 1.67 bits per heavy atom. The Morgan fingerprint density at radius 2 is 1.42 bits per heavy atom. The third-order valence-electron chi connectivity index (χ3n) is 1.23. The molecule has 0 fully saturated rings. The van der Waals surface area contributed by atoms with Gasteiger partial charge in [0.2, 0.25) is 0 Å². The number of aromatic nitrogens is 1. The molecule has 0 spiro atoms. The molecule has 0 aliphatic rings. The summed E-state index contributed by atoms with van der Waals surface area (Å²) < 4.78 is 1.29. The van der Waals surface area contributed by atoms with E-state index in [1.807, 2.05) is 42.7 Å². The van der Waals surface area contributed by atoms with Gasteiger partial charge in [-0.25, -0.2) is 0 Å². The summed E-state index contributed by atoms with van der Waals surface area (Å²) in [7, 11) is 0. The van der Waals surface area contributed by atoms with E-state index in [-0.39, 0.29) is 0 Å². The molecule has 12 heavy (non-hydrogen) atoms. The highest BCUT2D eigenvalue weighted by Crippen LogP contribution is 1.99. The summed E-state index contributed by atoms with van der Waals surface area (Å²) in [6.07, 6.45) is 3.75. The van der Waals surface area contributed by atoms with Gasteiger partial charge in [0.1, 0.15) is 0 Å². The van der Waals surface area contributed by atoms with Crippen molar-refractivity contribution in [3.8, 4) is 0 Å². The highest BCUT2D eigenvalue weighted by atomic mass is 127. The molecule has 0 atom stereocenters. The van der Waals surface area contributed by atoms with Crippen molar-refractivity contribution < 1.29 is 0 Å². The van der Waals surface area contributed by atoms with Crippen molar-refractivity contribution in [1.29, 1.82) is 0 Å². The van der Waals surface area contributed by atoms with Gasteiger partial charge < -0.3 is 4.98 Å². The van der Waals surface area contributed by atoms with Crippen LogP contribution in [0.3, 0.4) is 0 Å². The molecule has 2 aromatic rings. The maximum atomic E-state index is 2.86. The van der Waals surface area contributed by atoms with E-state index in [1.165, 1.54) is 3.57 Å². The number of hydrogen-bond donors (Lipinski definition) is 1. The first-order chi connectivity index (χ1) is 5.89. The van der Waals surface area contributed by atoms with Crippen LogP contribution in [0.1, 0.15) is 0 Å². The van der Waals surface area contributed by atoms with Crippen molar-refractivity contribution >= 4 is 22.6 Å². The van der Waals surface area contributed by atoms with Crippen molar-refractivity contribution in [1.82, 2.24) is 4.98 Å². The fourth-order valence-electron chi connectivity index (χ4n) is 0.692. The largest absolute Gasteiger partial charge is 0.368 e. The predicted molar refractivity (Wildman–Crippen MR) is 60.0 cm³/mol. The Bertz CT molecular complexity index is 259. The lowest BCUT2D eigenvalue weighted by Gasteiger charge is -1.80. The molecule has 0 aliphatic heterocycles. The number of H-pyrrole nitrogens is 1. The van der Waals surface area contributed by atoms with Gasteiger partial charge in [0.05, 0.1) is 0 Å². The van der Waals surface area contributed by atoms with E-state index in [2.05, 4.69) is 39.7 Å². The van der Waals surface area contributed by atoms with Gasteiger partial charge in [0, 0.05) is 16.0 Å². The summed E-state index contributed by atoms with van der Waals surface area (Å²) >= 11 is 2.28. The van der Waals surface area contributed by atoms with Gasteiger partial charge in [-0.2, -0.15) is 0 Å². The van der Waals surface area contributed by atoms with Gasteiger partial charge in [-0.05, 0) is 46.9 Å². The third-order valence-corrected chi connectivity index (χ3v) is 1.95. The van der Waals surface area contributed by atoms with Crippen molar-refractivity contribution in [2.45, 2.75) is 0 Å². The van der Waals surface area contributed by atoms with E-state index >= 15 is 0 Å². The molecule has 0 unspecified atom stereocenters. The summed E-state index contributed by atoms with van der Waals surface area (Å²) in [4.78, 5) is 2.86. The minimum atomic E-state index is 1.29. The fourth-order valence-corrected chi connectivity index (χ4v) is 1.11. The monoisotopic (exact) mass is 271 g/mol. The van der Waals surface area contributed by atoms with Gasteiger partial charge in [-0.1, -0.05) is 18.2 Å². The summed E-state index contributed by atoms with van der Waals surface area (Å²) in [5.41, 5.74) is 0. The molecule has 2 heteroatoms. The Hall–Kier alpha value is -0.770. The van der Waals surface area contributed by atoms with E-state index in [0.717, 1.165) is 0 Å². The Labute approximate surface area is 86.0 Å². The lowest BCUT2D eigenvalue weighted by Crippen LogP contribution is -1.61. The average molecular weight is 271 g/mol. The first-order valence-corrected chi connectivity index (χ1v) is 4.76. The van der Waals surface area contributed by atoms with Gasteiger partial charge in [-0.15, -0.1) is 0 Å². The fraction of sp³-hybridized carbons (Fsp3) is 0. The number of hydrogen-bond acceptors (Lipinski definition) is 0. The van der Waals surface area contributed by atoms with Crippen molar-refractivity contribution in [2.75, 3.05) is 0 Å². The second-order valence-corrected chi connectivity index (χ2v) is 3.43. The lowest BCUT2D eigenvalue weighted by atomic mass is 10.4. The van der Waals surface area contributed by atoms with Gasteiger partial charge >= 0.3 is 0 Å². The van der Waals surface area contributed by atoms with Crippen LogP contribution in [-0.2, 0) is 0 Å². The first kappa shape index (κ1) is 9.32. The molecule has 62 valence electrons. The smallest absolute Gasteiger partial charge is 0.0130 e. The normalized spacial score (nSPS) is 8.42. The van der Waals surface area contributed by atoms with Crippen LogP contribution in [0.15, 0.2) is 54.9 Å². The maximum Gasteiger partial charge on any atom is 0.0130 e. The predicted octanol–water partition coefficient (Wildman–Crippen LogP) is 3.31. The Morgan fingerprint density at radius 1 is 0.833 bits per heavy atom. The average Bonchev–Trinajstić information content (AvgIpc) is 2.62. The minimum Gasteiger partial charge on any atom is -0.368 e. The molecule has 0 bridgehead atoms. The van der Waals surface area contributed by atoms with Crippen LogP contribution in [-0.4, -0.2) is 4.98 Å². The SMILES string of the molecule is Ic1ccccc1.c1cc[nH]c1. The van der Waals surface area contributed by atoms with Gasteiger partial charge in [0.15, 0.2) is 0 Å². The molecular formula is C10H10IN. The molecule has 0 saturated carbocycles. The standard InChI is InChI=1S/C6H5I.C4H5N/c7-6-4-2-1-3-5-6;1-2-4-5-3-1/h1-5H;1-5H. The second-order valence-electron chi connectivity index (χ2n) is 2.18. The molecule has 2 rings (SSSR count). The van der Waals surface area contributed by atoms with Gasteiger partial charge in [0.25, 0.3) is 0 Å². The summed E-state index contributed by atoms with van der Waals surface area (Å²) in [6.45, 7) is 0. The number of halogens is 1. The van der Waals surface area contributed by atoms with E-state index in [9.17, 15) is 0 Å². The quantitative estimate of drug-likeness (QED) is 0.707. The zero-order valence-electron chi connectivity index (χ0n) is 6.57. The minimum absolute atomic E-state index is 1.29. The molecule has 0 aliphatic carbocycles. The maximum absolute atomic E-state index is 2.86. The number of aromatic amines is 1. The highest BCUT2D eigenvalue weighted by Gasteiger charge is 1.74. The summed E-state index contributed by atoms with van der Waals surface area (Å²) in [5, 5.41) is 0. The van der Waals surface area contributed by atoms with Crippen LogP contribution in [0.25, 0.3) is 0 Å². The molecule has 0 saturated heterocycles. The van der Waals surface area contributed by atoms with E-state index in [4.69, 9.17) is 0 Å². The molecule has 1 heterocycles. The van der Waals surface area contributed by atoms with Crippen molar-refractivity contribution in [3.05, 3.63) is 58.4 Å². The van der Waals surface area contributed by atoms with E-state index < -0.39 is 0 Å². The Kier molecular flexibility index (Phi) is 4.52. The van der Waals surface area contributed by atoms with Crippen molar-refractivity contribution in [2.24, 2.45) is 0 Å². The lowest BCUT2D eigenvalue weighted by molar-refractivity contribution is 1.42. The van der Waals surface area contributed by atoms with Crippen LogP contribution < -0.4 is 0 Å². The summed E-state index contributed by atoms with van der Waals surface area (Å²) in [5.74, 6) is 0. The van der Waals surface area contributed by atoms with Crippen LogP contribution in [0.2, 0.25) is 0 Å². The molecule has 0 radical (unpaired) electrons. The zero-order chi connectivity index (χ0) is 8.65. The van der Waals surface area contributed by atoms with Crippen LogP contribution in [0.5, 0.6) is 0 Å². The van der Waals surface area contributed by atoms with Crippen LogP contribution in [0.4, 0.5) is 0 Å². The molecular weight excluding hydrogens is 261 g/mol. The number of rotatable bonds is 0. The number of nitrogens with one attached hydrogen (secondary N) is 1. The topological polar surface area (TPSA) is 15.8 Å². The van der Waals surface area contributed by atoms with Crippen LogP contribution in [0, 0.1) is 3.57 Å². The van der Waals surface area contributed by atoms with Crippen molar-refractivity contribution in [3.63, 3.8) is 0 Å². The molecule has 1 N–H and O–H groups in total. The molecule has 0 amide bonds. The third kappa shape index (κ3) is 4.18. The highest BCUT2D eigenvalue weighted by molar-refractivity contribution is 14.1. The Balaban J connectivity index is 0.000000127. The first-order valence-electron chi connectivity index (χ1n) is 3.68. The molecule has 1 aromatic carbocycles. The molecule has 1 aromatic heterocycles. The van der Waals surface area contributed by atoms with Crippen LogP contribution >= 0.6 is 22.6 Å². The molecule has 1 nitrogen and oxygen atoms in total. The van der Waals surface area contributed by atoms with E-state index in [0.29, 0.717) is 0 Å². The number of benzene rings is 1. The zero-order valence-corrected chi connectivity index (χ0v) is 8.73.